The summed E-state index contributed by atoms with van der Waals surface area (Å²) in [5, 5.41) is 14.9. The van der Waals surface area contributed by atoms with Gasteiger partial charge in [0.2, 0.25) is 0 Å². The Labute approximate surface area is 144 Å². The van der Waals surface area contributed by atoms with Crippen LogP contribution in [0, 0.1) is 5.92 Å². The molecule has 0 unspecified atom stereocenters. The molecule has 2 aromatic rings. The fraction of sp³-hybridized carbons (Fsp3) is 0.500. The van der Waals surface area contributed by atoms with Crippen molar-refractivity contribution in [2.75, 3.05) is 13.6 Å². The Bertz CT molecular complexity index is 617. The first-order valence-electron chi connectivity index (χ1n) is 8.59. The second kappa shape index (κ2) is 9.70. The summed E-state index contributed by atoms with van der Waals surface area (Å²) in [7, 11) is 1.78. The predicted molar refractivity (Wildman–Crippen MR) is 98.2 cm³/mol. The molecule has 0 aliphatic carbocycles. The first-order valence-corrected chi connectivity index (χ1v) is 8.59. The van der Waals surface area contributed by atoms with E-state index in [1.165, 1.54) is 12.8 Å². The average molecular weight is 328 g/mol. The van der Waals surface area contributed by atoms with Crippen molar-refractivity contribution >= 4 is 5.96 Å². The van der Waals surface area contributed by atoms with Crippen molar-refractivity contribution in [1.82, 2.24) is 25.4 Å². The molecule has 2 rings (SSSR count). The van der Waals surface area contributed by atoms with Crippen LogP contribution in [-0.4, -0.2) is 34.3 Å². The van der Waals surface area contributed by atoms with Crippen molar-refractivity contribution in [1.29, 1.82) is 0 Å². The quantitative estimate of drug-likeness (QED) is 0.444. The number of aliphatic imine (C=N–C) groups is 1. The van der Waals surface area contributed by atoms with E-state index in [1.807, 2.05) is 34.9 Å². The molecule has 0 radical (unpaired) electrons. The second-order valence-electron chi connectivity index (χ2n) is 6.19. The Balaban J connectivity index is 1.81. The van der Waals surface area contributed by atoms with E-state index < -0.39 is 0 Å². The topological polar surface area (TPSA) is 67.1 Å². The number of guanidine groups is 1. The van der Waals surface area contributed by atoms with Crippen LogP contribution in [-0.2, 0) is 6.54 Å². The van der Waals surface area contributed by atoms with Gasteiger partial charge in [0.1, 0.15) is 6.33 Å². The molecule has 0 amide bonds. The fourth-order valence-electron chi connectivity index (χ4n) is 2.45. The number of nitrogens with one attached hydrogen (secondary N) is 2. The maximum Gasteiger partial charge on any atom is 0.191 e. The Morgan fingerprint density at radius 1 is 1.17 bits per heavy atom. The third-order valence-electron chi connectivity index (χ3n) is 3.79. The number of hydrogen-bond acceptors (Lipinski definition) is 3. The monoisotopic (exact) mass is 328 g/mol. The summed E-state index contributed by atoms with van der Waals surface area (Å²) in [6.45, 7) is 6.02. The molecule has 24 heavy (non-hydrogen) atoms. The zero-order valence-electron chi connectivity index (χ0n) is 14.9. The van der Waals surface area contributed by atoms with Crippen molar-refractivity contribution in [3.63, 3.8) is 0 Å². The van der Waals surface area contributed by atoms with Crippen molar-refractivity contribution in [2.24, 2.45) is 10.9 Å². The van der Waals surface area contributed by atoms with E-state index in [9.17, 15) is 0 Å². The highest BCUT2D eigenvalue weighted by Gasteiger charge is 2.07. The number of unbranched alkanes of at least 4 members (excludes halogenated alkanes) is 1. The van der Waals surface area contributed by atoms with Gasteiger partial charge in [-0.15, -0.1) is 10.2 Å². The van der Waals surface area contributed by atoms with E-state index in [0.29, 0.717) is 6.54 Å². The Morgan fingerprint density at radius 2 is 1.96 bits per heavy atom. The van der Waals surface area contributed by atoms with Crippen LogP contribution in [0.1, 0.15) is 38.9 Å². The van der Waals surface area contributed by atoms with E-state index in [0.717, 1.165) is 36.4 Å². The van der Waals surface area contributed by atoms with Crippen LogP contribution in [0.4, 0.5) is 0 Å². The molecule has 0 spiro atoms. The van der Waals surface area contributed by atoms with Crippen LogP contribution in [0.5, 0.6) is 0 Å². The predicted octanol–water partition coefficient (Wildman–Crippen LogP) is 2.76. The largest absolute Gasteiger partial charge is 0.356 e. The summed E-state index contributed by atoms with van der Waals surface area (Å²) in [6, 6.07) is 10.1. The Hall–Kier alpha value is -2.37. The summed E-state index contributed by atoms with van der Waals surface area (Å²) < 4.78 is 1.98. The van der Waals surface area contributed by atoms with Crippen LogP contribution >= 0.6 is 0 Å². The van der Waals surface area contributed by atoms with Crippen LogP contribution < -0.4 is 10.6 Å². The second-order valence-corrected chi connectivity index (χ2v) is 6.19. The Kier molecular flexibility index (Phi) is 7.26. The molecule has 0 bridgehead atoms. The van der Waals surface area contributed by atoms with Gasteiger partial charge in [-0.25, -0.2) is 0 Å². The fourth-order valence-corrected chi connectivity index (χ4v) is 2.45. The SMILES string of the molecule is CN=C(NCCCCC(C)C)NCc1nncn1-c1ccccc1. The summed E-state index contributed by atoms with van der Waals surface area (Å²) in [5.74, 6) is 2.41. The standard InChI is InChI=1S/C18H28N6/c1-15(2)9-7-8-12-20-18(19-3)21-13-17-23-22-14-24(17)16-10-5-4-6-11-16/h4-6,10-11,14-15H,7-9,12-13H2,1-3H3,(H2,19,20,21). The van der Waals surface area contributed by atoms with Crippen molar-refractivity contribution in [2.45, 2.75) is 39.7 Å². The average Bonchev–Trinajstić information content (AvgIpc) is 3.06. The van der Waals surface area contributed by atoms with Gasteiger partial charge in [0.05, 0.1) is 6.54 Å². The molecule has 6 heteroatoms. The van der Waals surface area contributed by atoms with Gasteiger partial charge in [-0.3, -0.25) is 9.56 Å². The van der Waals surface area contributed by atoms with E-state index in [2.05, 4.69) is 39.7 Å². The van der Waals surface area contributed by atoms with Gasteiger partial charge in [0, 0.05) is 19.3 Å². The Morgan fingerprint density at radius 3 is 2.67 bits per heavy atom. The normalized spacial score (nSPS) is 11.8. The van der Waals surface area contributed by atoms with Crippen LogP contribution in [0.3, 0.4) is 0 Å². The van der Waals surface area contributed by atoms with Gasteiger partial charge < -0.3 is 10.6 Å². The first-order chi connectivity index (χ1) is 11.7. The highest BCUT2D eigenvalue weighted by Crippen LogP contribution is 2.08. The van der Waals surface area contributed by atoms with Gasteiger partial charge in [-0.05, 0) is 24.5 Å². The minimum absolute atomic E-state index is 0.570. The highest BCUT2D eigenvalue weighted by atomic mass is 15.3. The number of nitrogens with zero attached hydrogens (tertiary/aromatic N) is 4. The zero-order chi connectivity index (χ0) is 17.2. The molecule has 1 heterocycles. The molecule has 0 fully saturated rings. The van der Waals surface area contributed by atoms with E-state index in [4.69, 9.17) is 0 Å². The molecule has 1 aromatic heterocycles. The molecule has 1 aromatic carbocycles. The molecule has 6 nitrogen and oxygen atoms in total. The molecular weight excluding hydrogens is 300 g/mol. The molecule has 0 atom stereocenters. The van der Waals surface area contributed by atoms with E-state index in [-0.39, 0.29) is 0 Å². The van der Waals surface area contributed by atoms with Crippen LogP contribution in [0.15, 0.2) is 41.7 Å². The number of aromatic nitrogens is 3. The lowest BCUT2D eigenvalue weighted by atomic mass is 10.1. The molecular formula is C18H28N6. The maximum atomic E-state index is 4.26. The zero-order valence-corrected chi connectivity index (χ0v) is 14.9. The minimum Gasteiger partial charge on any atom is -0.356 e. The number of benzene rings is 1. The minimum atomic E-state index is 0.570. The van der Waals surface area contributed by atoms with Gasteiger partial charge in [-0.1, -0.05) is 44.9 Å². The van der Waals surface area contributed by atoms with Crippen molar-refractivity contribution in [3.05, 3.63) is 42.5 Å². The van der Waals surface area contributed by atoms with Crippen LogP contribution in [0.2, 0.25) is 0 Å². The molecule has 0 saturated heterocycles. The molecule has 0 aliphatic rings. The molecule has 0 aliphatic heterocycles. The van der Waals surface area contributed by atoms with Crippen molar-refractivity contribution < 1.29 is 0 Å². The lowest BCUT2D eigenvalue weighted by molar-refractivity contribution is 0.534. The van der Waals surface area contributed by atoms with E-state index in [1.54, 1.807) is 13.4 Å². The van der Waals surface area contributed by atoms with Gasteiger partial charge in [0.15, 0.2) is 11.8 Å². The lowest BCUT2D eigenvalue weighted by Crippen LogP contribution is -2.37. The van der Waals surface area contributed by atoms with Crippen LogP contribution in [0.25, 0.3) is 5.69 Å². The summed E-state index contributed by atoms with van der Waals surface area (Å²) in [4.78, 5) is 4.26. The summed E-state index contributed by atoms with van der Waals surface area (Å²) in [5.41, 5.74) is 1.05. The van der Waals surface area contributed by atoms with Gasteiger partial charge >= 0.3 is 0 Å². The molecule has 130 valence electrons. The highest BCUT2D eigenvalue weighted by molar-refractivity contribution is 5.79. The first kappa shape index (κ1) is 18.0. The molecule has 0 saturated carbocycles. The third-order valence-corrected chi connectivity index (χ3v) is 3.79. The van der Waals surface area contributed by atoms with E-state index >= 15 is 0 Å². The number of rotatable bonds is 8. The number of para-hydroxylation sites is 1. The maximum absolute atomic E-state index is 4.26. The third kappa shape index (κ3) is 5.68. The number of hydrogen-bond donors (Lipinski definition) is 2. The van der Waals surface area contributed by atoms with Gasteiger partial charge in [-0.2, -0.15) is 0 Å². The van der Waals surface area contributed by atoms with Crippen molar-refractivity contribution in [3.8, 4) is 5.69 Å². The smallest absolute Gasteiger partial charge is 0.191 e. The van der Waals surface area contributed by atoms with Gasteiger partial charge in [0.25, 0.3) is 0 Å². The summed E-state index contributed by atoms with van der Waals surface area (Å²) in [6.07, 6.45) is 5.39. The summed E-state index contributed by atoms with van der Waals surface area (Å²) >= 11 is 0. The lowest BCUT2D eigenvalue weighted by Gasteiger charge is -2.12. The molecule has 2 N–H and O–H groups in total.